The average Bonchev–Trinajstić information content (AvgIpc) is 3.43. The molecule has 32 heavy (non-hydrogen) atoms. The van der Waals surface area contributed by atoms with Gasteiger partial charge in [0.2, 0.25) is 0 Å². The number of aromatic nitrogens is 5. The normalized spacial score (nSPS) is 15.9. The maximum atomic E-state index is 13.4. The summed E-state index contributed by atoms with van der Waals surface area (Å²) in [5.41, 5.74) is 6.96. The Labute approximate surface area is 183 Å². The standard InChI is InChI=1S/C24H20N6O2/c1-14-21-18(23(29(2)26-21)17-6-3-7-20-22(17)28-32-27-20)10-12-30(14)24(31)16-8-9-19-15(13-16)5-4-11-25-19/h3-9,11,13-14H,10,12H2,1-2H3/t14-/m0/s1. The minimum absolute atomic E-state index is 0.00362. The number of hydrogen-bond acceptors (Lipinski definition) is 6. The molecule has 1 atom stereocenters. The topological polar surface area (TPSA) is 89.9 Å². The number of benzene rings is 2. The molecule has 6 rings (SSSR count). The summed E-state index contributed by atoms with van der Waals surface area (Å²) in [4.78, 5) is 19.6. The molecular weight excluding hydrogens is 404 g/mol. The van der Waals surface area contributed by atoms with Gasteiger partial charge in [-0.2, -0.15) is 5.10 Å². The highest BCUT2D eigenvalue weighted by Gasteiger charge is 2.34. The third-order valence-electron chi connectivity index (χ3n) is 6.29. The number of fused-ring (bicyclic) bond motifs is 3. The van der Waals surface area contributed by atoms with Gasteiger partial charge in [0.25, 0.3) is 5.91 Å². The highest BCUT2D eigenvalue weighted by atomic mass is 16.6. The van der Waals surface area contributed by atoms with Gasteiger partial charge < -0.3 is 4.90 Å². The lowest BCUT2D eigenvalue weighted by Crippen LogP contribution is -2.38. The third-order valence-corrected chi connectivity index (χ3v) is 6.29. The highest BCUT2D eigenvalue weighted by Crippen LogP contribution is 2.38. The van der Waals surface area contributed by atoms with Crippen LogP contribution < -0.4 is 0 Å². The van der Waals surface area contributed by atoms with Crippen molar-refractivity contribution in [2.45, 2.75) is 19.4 Å². The van der Waals surface area contributed by atoms with Crippen molar-refractivity contribution in [1.29, 1.82) is 0 Å². The summed E-state index contributed by atoms with van der Waals surface area (Å²) in [7, 11) is 1.93. The number of pyridine rings is 1. The summed E-state index contributed by atoms with van der Waals surface area (Å²) in [5.74, 6) is 0.00362. The van der Waals surface area contributed by atoms with E-state index in [2.05, 4.69) is 15.3 Å². The molecule has 0 N–H and O–H groups in total. The maximum absolute atomic E-state index is 13.4. The van der Waals surface area contributed by atoms with E-state index in [0.717, 1.165) is 33.4 Å². The van der Waals surface area contributed by atoms with Gasteiger partial charge >= 0.3 is 0 Å². The third kappa shape index (κ3) is 2.72. The van der Waals surface area contributed by atoms with Crippen molar-refractivity contribution in [1.82, 2.24) is 30.0 Å². The summed E-state index contributed by atoms with van der Waals surface area (Å²) in [5, 5.41) is 13.8. The number of carbonyl (C=O) groups excluding carboxylic acids is 1. The number of carbonyl (C=O) groups is 1. The van der Waals surface area contributed by atoms with Gasteiger partial charge in [-0.1, -0.05) is 18.2 Å². The first-order valence-corrected chi connectivity index (χ1v) is 10.5. The van der Waals surface area contributed by atoms with Crippen LogP contribution in [-0.4, -0.2) is 42.4 Å². The van der Waals surface area contributed by atoms with Crippen LogP contribution in [0.25, 0.3) is 33.2 Å². The minimum atomic E-state index is -0.148. The van der Waals surface area contributed by atoms with Crippen LogP contribution in [0.3, 0.4) is 0 Å². The summed E-state index contributed by atoms with van der Waals surface area (Å²) in [6.07, 6.45) is 2.47. The Hall–Kier alpha value is -4.07. The van der Waals surface area contributed by atoms with Gasteiger partial charge in [-0.25, -0.2) is 4.63 Å². The first-order valence-electron chi connectivity index (χ1n) is 10.5. The zero-order valence-corrected chi connectivity index (χ0v) is 17.7. The zero-order chi connectivity index (χ0) is 21.8. The number of aryl methyl sites for hydroxylation is 1. The van der Waals surface area contributed by atoms with Crippen LogP contribution in [0.5, 0.6) is 0 Å². The second-order valence-corrected chi connectivity index (χ2v) is 8.11. The second kappa shape index (κ2) is 6.98. The molecule has 2 aromatic carbocycles. The summed E-state index contributed by atoms with van der Waals surface area (Å²) >= 11 is 0. The lowest BCUT2D eigenvalue weighted by atomic mass is 9.94. The molecule has 0 fully saturated rings. The smallest absolute Gasteiger partial charge is 0.254 e. The van der Waals surface area contributed by atoms with Crippen molar-refractivity contribution >= 4 is 27.8 Å². The number of hydrogen-bond donors (Lipinski definition) is 0. The molecule has 0 spiro atoms. The molecule has 0 saturated carbocycles. The Kier molecular flexibility index (Phi) is 4.07. The first-order chi connectivity index (χ1) is 15.6. The van der Waals surface area contributed by atoms with E-state index in [1.165, 1.54) is 0 Å². The van der Waals surface area contributed by atoms with Gasteiger partial charge in [0.15, 0.2) is 0 Å². The fourth-order valence-corrected chi connectivity index (χ4v) is 4.73. The predicted octanol–water partition coefficient (Wildman–Crippen LogP) is 3.93. The van der Waals surface area contributed by atoms with E-state index < -0.39 is 0 Å². The van der Waals surface area contributed by atoms with Crippen LogP contribution >= 0.6 is 0 Å². The molecule has 0 aliphatic carbocycles. The van der Waals surface area contributed by atoms with Crippen molar-refractivity contribution in [3.8, 4) is 11.3 Å². The predicted molar refractivity (Wildman–Crippen MR) is 119 cm³/mol. The molecular formula is C24H20N6O2. The Bertz CT molecular complexity index is 1500. The lowest BCUT2D eigenvalue weighted by Gasteiger charge is -2.33. The van der Waals surface area contributed by atoms with E-state index >= 15 is 0 Å². The second-order valence-electron chi connectivity index (χ2n) is 8.11. The molecule has 8 heteroatoms. The van der Waals surface area contributed by atoms with E-state index in [0.29, 0.717) is 29.6 Å². The van der Waals surface area contributed by atoms with E-state index in [1.807, 2.05) is 72.1 Å². The maximum Gasteiger partial charge on any atom is 0.254 e. The van der Waals surface area contributed by atoms with Crippen LogP contribution in [0.4, 0.5) is 0 Å². The van der Waals surface area contributed by atoms with Gasteiger partial charge in [-0.05, 0) is 54.0 Å². The Morgan fingerprint density at radius 2 is 2.00 bits per heavy atom. The lowest BCUT2D eigenvalue weighted by molar-refractivity contribution is 0.0674. The molecule has 0 radical (unpaired) electrons. The molecule has 1 aliphatic heterocycles. The van der Waals surface area contributed by atoms with Crippen molar-refractivity contribution < 1.29 is 9.42 Å². The van der Waals surface area contributed by atoms with E-state index in [-0.39, 0.29) is 11.9 Å². The van der Waals surface area contributed by atoms with Crippen LogP contribution in [0.15, 0.2) is 59.4 Å². The van der Waals surface area contributed by atoms with Crippen LogP contribution in [0.1, 0.15) is 34.6 Å². The van der Waals surface area contributed by atoms with Gasteiger partial charge in [0, 0.05) is 41.9 Å². The van der Waals surface area contributed by atoms with E-state index in [4.69, 9.17) is 9.73 Å². The molecule has 4 heterocycles. The quantitative estimate of drug-likeness (QED) is 0.427. The molecule has 1 amide bonds. The largest absolute Gasteiger partial charge is 0.330 e. The molecule has 3 aromatic heterocycles. The Morgan fingerprint density at radius 3 is 2.91 bits per heavy atom. The van der Waals surface area contributed by atoms with Crippen LogP contribution in [-0.2, 0) is 13.5 Å². The van der Waals surface area contributed by atoms with Crippen molar-refractivity contribution in [3.63, 3.8) is 0 Å². The first kappa shape index (κ1) is 18.7. The fourth-order valence-electron chi connectivity index (χ4n) is 4.73. The SMILES string of the molecule is C[C@H]1c2nn(C)c(-c3cccc4nonc34)c2CCN1C(=O)c1ccc2ncccc2c1. The van der Waals surface area contributed by atoms with Crippen molar-refractivity contribution in [2.24, 2.45) is 7.05 Å². The monoisotopic (exact) mass is 424 g/mol. The number of nitrogens with zero attached hydrogens (tertiary/aromatic N) is 6. The van der Waals surface area contributed by atoms with Crippen molar-refractivity contribution in [2.75, 3.05) is 6.54 Å². The van der Waals surface area contributed by atoms with Gasteiger partial charge in [-0.3, -0.25) is 14.5 Å². The van der Waals surface area contributed by atoms with Crippen LogP contribution in [0.2, 0.25) is 0 Å². The summed E-state index contributed by atoms with van der Waals surface area (Å²) < 4.78 is 6.83. The summed E-state index contributed by atoms with van der Waals surface area (Å²) in [6, 6.07) is 15.2. The fraction of sp³-hybridized carbons (Fsp3) is 0.208. The van der Waals surface area contributed by atoms with Gasteiger partial charge in [0.05, 0.1) is 22.9 Å². The molecule has 1 aliphatic rings. The molecule has 0 bridgehead atoms. The Morgan fingerprint density at radius 1 is 1.09 bits per heavy atom. The van der Waals surface area contributed by atoms with Gasteiger partial charge in [0.1, 0.15) is 11.0 Å². The van der Waals surface area contributed by atoms with E-state index in [9.17, 15) is 4.79 Å². The minimum Gasteiger partial charge on any atom is -0.330 e. The zero-order valence-electron chi connectivity index (χ0n) is 17.7. The number of amides is 1. The van der Waals surface area contributed by atoms with Crippen molar-refractivity contribution in [3.05, 3.63) is 71.5 Å². The van der Waals surface area contributed by atoms with E-state index in [1.54, 1.807) is 6.20 Å². The molecule has 0 saturated heterocycles. The molecule has 5 aromatic rings. The molecule has 8 nitrogen and oxygen atoms in total. The number of rotatable bonds is 2. The molecule has 158 valence electrons. The Balaban J connectivity index is 1.38. The highest BCUT2D eigenvalue weighted by molar-refractivity contribution is 5.98. The van der Waals surface area contributed by atoms with Crippen LogP contribution in [0, 0.1) is 0 Å². The van der Waals surface area contributed by atoms with Gasteiger partial charge in [-0.15, -0.1) is 0 Å². The average molecular weight is 424 g/mol. The summed E-state index contributed by atoms with van der Waals surface area (Å²) in [6.45, 7) is 2.65. The molecule has 0 unspecified atom stereocenters.